The molecule has 2 nitrogen and oxygen atoms in total. The van der Waals surface area contributed by atoms with Gasteiger partial charge in [-0.05, 0) is 44.4 Å². The molecule has 90 valence electrons. The lowest BCUT2D eigenvalue weighted by Crippen LogP contribution is -2.23. The first kappa shape index (κ1) is 12.1. The van der Waals surface area contributed by atoms with Gasteiger partial charge < -0.3 is 4.74 Å². The molecule has 0 spiro atoms. The summed E-state index contributed by atoms with van der Waals surface area (Å²) < 4.78 is 18.9. The molecule has 1 aromatic carbocycles. The SMILES string of the molecule is CC(C)(C)Oc1nc(Cl)cc2ccc(F)cc12. The lowest BCUT2D eigenvalue weighted by atomic mass is 10.1. The molecule has 0 bridgehead atoms. The molecule has 0 amide bonds. The van der Waals surface area contributed by atoms with Crippen molar-refractivity contribution < 1.29 is 9.13 Å². The summed E-state index contributed by atoms with van der Waals surface area (Å²) >= 11 is 5.91. The minimum atomic E-state index is -0.406. The number of benzene rings is 1. The van der Waals surface area contributed by atoms with Crippen molar-refractivity contribution >= 4 is 22.4 Å². The van der Waals surface area contributed by atoms with E-state index in [0.29, 0.717) is 16.4 Å². The van der Waals surface area contributed by atoms with E-state index in [1.165, 1.54) is 12.1 Å². The number of hydrogen-bond donors (Lipinski definition) is 0. The lowest BCUT2D eigenvalue weighted by Gasteiger charge is -2.21. The van der Waals surface area contributed by atoms with Crippen molar-refractivity contribution in [1.82, 2.24) is 4.98 Å². The Hall–Kier alpha value is -1.35. The maximum Gasteiger partial charge on any atom is 0.223 e. The van der Waals surface area contributed by atoms with Crippen molar-refractivity contribution in [2.45, 2.75) is 26.4 Å². The van der Waals surface area contributed by atoms with Crippen LogP contribution in [-0.4, -0.2) is 10.6 Å². The fraction of sp³-hybridized carbons (Fsp3) is 0.308. The van der Waals surface area contributed by atoms with Gasteiger partial charge in [-0.25, -0.2) is 9.37 Å². The Balaban J connectivity index is 2.63. The third-order valence-corrected chi connectivity index (χ3v) is 2.33. The van der Waals surface area contributed by atoms with Crippen LogP contribution in [0.3, 0.4) is 0 Å². The molecular formula is C13H13ClFNO. The summed E-state index contributed by atoms with van der Waals surface area (Å²) in [5.74, 6) is 0.0416. The van der Waals surface area contributed by atoms with Gasteiger partial charge in [-0.1, -0.05) is 17.7 Å². The first-order chi connectivity index (χ1) is 7.85. The van der Waals surface area contributed by atoms with Crippen LogP contribution in [0, 0.1) is 5.82 Å². The monoisotopic (exact) mass is 253 g/mol. The van der Waals surface area contributed by atoms with Gasteiger partial charge in [-0.3, -0.25) is 0 Å². The van der Waals surface area contributed by atoms with Crippen molar-refractivity contribution in [1.29, 1.82) is 0 Å². The van der Waals surface area contributed by atoms with Gasteiger partial charge in [0.15, 0.2) is 0 Å². The van der Waals surface area contributed by atoms with Gasteiger partial charge in [-0.2, -0.15) is 0 Å². The van der Waals surface area contributed by atoms with Crippen molar-refractivity contribution in [3.8, 4) is 5.88 Å². The van der Waals surface area contributed by atoms with Crippen LogP contribution in [0.5, 0.6) is 5.88 Å². The molecule has 0 aliphatic rings. The predicted molar refractivity (Wildman–Crippen MR) is 67.1 cm³/mol. The van der Waals surface area contributed by atoms with E-state index >= 15 is 0 Å². The fourth-order valence-electron chi connectivity index (χ4n) is 1.53. The van der Waals surface area contributed by atoms with Crippen molar-refractivity contribution in [3.05, 3.63) is 35.2 Å². The van der Waals surface area contributed by atoms with Crippen molar-refractivity contribution in [2.24, 2.45) is 0 Å². The number of pyridine rings is 1. The van der Waals surface area contributed by atoms with Gasteiger partial charge in [0.25, 0.3) is 0 Å². The number of nitrogens with zero attached hydrogens (tertiary/aromatic N) is 1. The molecule has 1 aromatic heterocycles. The van der Waals surface area contributed by atoms with Crippen molar-refractivity contribution in [2.75, 3.05) is 0 Å². The molecule has 1 heterocycles. The molecule has 0 saturated carbocycles. The van der Waals surface area contributed by atoms with E-state index < -0.39 is 5.60 Å². The summed E-state index contributed by atoms with van der Waals surface area (Å²) in [6, 6.07) is 6.14. The van der Waals surface area contributed by atoms with Crippen molar-refractivity contribution in [3.63, 3.8) is 0 Å². The van der Waals surface area contributed by atoms with E-state index in [1.807, 2.05) is 20.8 Å². The molecule has 0 aliphatic carbocycles. The Morgan fingerprint density at radius 2 is 1.94 bits per heavy atom. The van der Waals surface area contributed by atoms with E-state index in [4.69, 9.17) is 16.3 Å². The largest absolute Gasteiger partial charge is 0.471 e. The number of ether oxygens (including phenoxy) is 1. The Morgan fingerprint density at radius 3 is 2.59 bits per heavy atom. The molecule has 0 saturated heterocycles. The zero-order valence-electron chi connectivity index (χ0n) is 9.92. The summed E-state index contributed by atoms with van der Waals surface area (Å²) in [4.78, 5) is 4.10. The summed E-state index contributed by atoms with van der Waals surface area (Å²) in [6.07, 6.45) is 0. The second-order valence-electron chi connectivity index (χ2n) is 4.83. The molecule has 0 radical (unpaired) electrons. The quantitative estimate of drug-likeness (QED) is 0.711. The van der Waals surface area contributed by atoms with Gasteiger partial charge >= 0.3 is 0 Å². The first-order valence-corrected chi connectivity index (χ1v) is 5.68. The highest BCUT2D eigenvalue weighted by atomic mass is 35.5. The molecule has 0 fully saturated rings. The number of hydrogen-bond acceptors (Lipinski definition) is 2. The minimum absolute atomic E-state index is 0.319. The van der Waals surface area contributed by atoms with E-state index in [1.54, 1.807) is 12.1 Å². The molecule has 0 unspecified atom stereocenters. The first-order valence-electron chi connectivity index (χ1n) is 5.30. The molecule has 2 aromatic rings. The molecule has 2 rings (SSSR count). The topological polar surface area (TPSA) is 22.1 Å². The van der Waals surface area contributed by atoms with Crippen LogP contribution in [-0.2, 0) is 0 Å². The third-order valence-electron chi connectivity index (χ3n) is 2.13. The van der Waals surface area contributed by atoms with Crippen LogP contribution in [0.2, 0.25) is 5.15 Å². The smallest absolute Gasteiger partial charge is 0.223 e. The van der Waals surface area contributed by atoms with E-state index in [9.17, 15) is 4.39 Å². The van der Waals surface area contributed by atoms with Gasteiger partial charge in [0.1, 0.15) is 16.6 Å². The van der Waals surface area contributed by atoms with Crippen LogP contribution >= 0.6 is 11.6 Å². The standard InChI is InChI=1S/C13H13ClFNO/c1-13(2,3)17-12-10-7-9(15)5-4-8(10)6-11(14)16-12/h4-7H,1-3H3. The second-order valence-corrected chi connectivity index (χ2v) is 5.22. The number of rotatable bonds is 1. The second kappa shape index (κ2) is 4.15. The highest BCUT2D eigenvalue weighted by Gasteiger charge is 2.16. The fourth-order valence-corrected chi connectivity index (χ4v) is 1.72. The maximum absolute atomic E-state index is 13.2. The van der Waals surface area contributed by atoms with Crippen LogP contribution in [0.25, 0.3) is 10.8 Å². The predicted octanol–water partition coefficient (Wildman–Crippen LogP) is 4.20. The van der Waals surface area contributed by atoms with Gasteiger partial charge in [0, 0.05) is 5.39 Å². The third kappa shape index (κ3) is 2.86. The van der Waals surface area contributed by atoms with Crippen LogP contribution in [0.4, 0.5) is 4.39 Å². The Kier molecular flexibility index (Phi) is 2.96. The zero-order chi connectivity index (χ0) is 12.6. The van der Waals surface area contributed by atoms with E-state index in [2.05, 4.69) is 4.98 Å². The summed E-state index contributed by atoms with van der Waals surface area (Å²) in [6.45, 7) is 5.71. The molecule has 0 atom stereocenters. The number of halogens is 2. The van der Waals surface area contributed by atoms with Crippen LogP contribution in [0.1, 0.15) is 20.8 Å². The summed E-state index contributed by atoms with van der Waals surface area (Å²) in [7, 11) is 0. The van der Waals surface area contributed by atoms with Gasteiger partial charge in [-0.15, -0.1) is 0 Å². The lowest BCUT2D eigenvalue weighted by molar-refractivity contribution is 0.126. The van der Waals surface area contributed by atoms with Crippen LogP contribution in [0.15, 0.2) is 24.3 Å². The van der Waals surface area contributed by atoms with Crippen LogP contribution < -0.4 is 4.74 Å². The average Bonchev–Trinajstić information content (AvgIpc) is 2.16. The van der Waals surface area contributed by atoms with E-state index in [-0.39, 0.29) is 5.82 Å². The Labute approximate surface area is 104 Å². The minimum Gasteiger partial charge on any atom is -0.471 e. The Morgan fingerprint density at radius 1 is 1.24 bits per heavy atom. The number of fused-ring (bicyclic) bond motifs is 1. The zero-order valence-corrected chi connectivity index (χ0v) is 10.7. The molecule has 0 N–H and O–H groups in total. The summed E-state index contributed by atoms with van der Waals surface area (Å²) in [5.41, 5.74) is -0.406. The highest BCUT2D eigenvalue weighted by Crippen LogP contribution is 2.29. The highest BCUT2D eigenvalue weighted by molar-refractivity contribution is 6.30. The average molecular weight is 254 g/mol. The molecule has 17 heavy (non-hydrogen) atoms. The summed E-state index contributed by atoms with van der Waals surface area (Å²) in [5, 5.41) is 1.78. The van der Waals surface area contributed by atoms with Gasteiger partial charge in [0.2, 0.25) is 5.88 Å². The maximum atomic E-state index is 13.2. The molecular weight excluding hydrogens is 241 g/mol. The van der Waals surface area contributed by atoms with Gasteiger partial charge in [0.05, 0.1) is 0 Å². The molecule has 0 aliphatic heterocycles. The van der Waals surface area contributed by atoms with E-state index in [0.717, 1.165) is 5.39 Å². The number of aromatic nitrogens is 1. The molecule has 4 heteroatoms. The normalized spacial score (nSPS) is 11.8. The Bertz CT molecular complexity index is 563.